The van der Waals surface area contributed by atoms with Crippen LogP contribution in [0, 0.1) is 0 Å². The lowest BCUT2D eigenvalue weighted by Crippen LogP contribution is -2.31. The Kier molecular flexibility index (Phi) is 8.07. The molecule has 0 bridgehead atoms. The van der Waals surface area contributed by atoms with Crippen molar-refractivity contribution >= 4 is 39.5 Å². The van der Waals surface area contributed by atoms with Gasteiger partial charge in [-0.25, -0.2) is 0 Å². The maximum Gasteiger partial charge on any atom is 0.186 e. The van der Waals surface area contributed by atoms with Crippen LogP contribution in [0.15, 0.2) is 21.7 Å². The van der Waals surface area contributed by atoms with Crippen LogP contribution in [0.3, 0.4) is 0 Å². The Morgan fingerprint density at radius 3 is 2.81 bits per heavy atom. The van der Waals surface area contributed by atoms with E-state index in [9.17, 15) is 0 Å². The van der Waals surface area contributed by atoms with Gasteiger partial charge in [-0.2, -0.15) is 5.10 Å². The van der Waals surface area contributed by atoms with Crippen molar-refractivity contribution in [3.8, 4) is 11.5 Å². The highest BCUT2D eigenvalue weighted by molar-refractivity contribution is 9.10. The van der Waals surface area contributed by atoms with Crippen molar-refractivity contribution in [1.29, 1.82) is 0 Å². The monoisotopic (exact) mass is 373 g/mol. The van der Waals surface area contributed by atoms with E-state index in [0.717, 1.165) is 23.0 Å². The number of halogens is 1. The number of ether oxygens (including phenoxy) is 2. The van der Waals surface area contributed by atoms with Crippen molar-refractivity contribution in [3.63, 3.8) is 0 Å². The molecule has 0 amide bonds. The van der Waals surface area contributed by atoms with E-state index < -0.39 is 0 Å². The van der Waals surface area contributed by atoms with Crippen LogP contribution in [0.1, 0.15) is 25.8 Å². The van der Waals surface area contributed by atoms with Gasteiger partial charge in [-0.3, -0.25) is 5.43 Å². The van der Waals surface area contributed by atoms with Crippen LogP contribution >= 0.6 is 28.1 Å². The molecule has 2 N–H and O–H groups in total. The minimum Gasteiger partial charge on any atom is -0.493 e. The lowest BCUT2D eigenvalue weighted by Gasteiger charge is -2.12. The van der Waals surface area contributed by atoms with E-state index in [1.165, 1.54) is 0 Å². The summed E-state index contributed by atoms with van der Waals surface area (Å²) in [6, 6.07) is 3.77. The van der Waals surface area contributed by atoms with Gasteiger partial charge in [0.05, 0.1) is 24.4 Å². The lowest BCUT2D eigenvalue weighted by molar-refractivity contribution is 0.292. The Hall–Kier alpha value is -1.34. The SMILES string of the molecule is CCCOc1c(Br)cc(C=NNC(=S)NCC)cc1OC. The molecule has 7 heteroatoms. The summed E-state index contributed by atoms with van der Waals surface area (Å²) in [5.41, 5.74) is 3.61. The van der Waals surface area contributed by atoms with E-state index in [0.29, 0.717) is 23.2 Å². The van der Waals surface area contributed by atoms with E-state index in [4.69, 9.17) is 21.7 Å². The van der Waals surface area contributed by atoms with Gasteiger partial charge in [-0.1, -0.05) is 6.92 Å². The molecule has 5 nitrogen and oxygen atoms in total. The van der Waals surface area contributed by atoms with E-state index in [1.807, 2.05) is 19.1 Å². The summed E-state index contributed by atoms with van der Waals surface area (Å²) >= 11 is 8.51. The Labute approximate surface area is 139 Å². The molecule has 21 heavy (non-hydrogen) atoms. The fraction of sp³-hybridized carbons (Fsp3) is 0.429. The molecule has 0 spiro atoms. The van der Waals surface area contributed by atoms with Crippen molar-refractivity contribution in [2.45, 2.75) is 20.3 Å². The second kappa shape index (κ2) is 9.57. The van der Waals surface area contributed by atoms with Gasteiger partial charge in [0, 0.05) is 6.54 Å². The first-order chi connectivity index (χ1) is 10.1. The Balaban J connectivity index is 2.82. The molecule has 0 unspecified atom stereocenters. The van der Waals surface area contributed by atoms with E-state index in [-0.39, 0.29) is 0 Å². The number of nitrogens with zero attached hydrogens (tertiary/aromatic N) is 1. The van der Waals surface area contributed by atoms with Crippen LogP contribution in [-0.2, 0) is 0 Å². The molecule has 0 heterocycles. The van der Waals surface area contributed by atoms with E-state index in [1.54, 1.807) is 13.3 Å². The number of hydrogen-bond acceptors (Lipinski definition) is 4. The quantitative estimate of drug-likeness (QED) is 0.437. The van der Waals surface area contributed by atoms with Crippen LogP contribution in [0.4, 0.5) is 0 Å². The number of hydrogen-bond donors (Lipinski definition) is 2. The van der Waals surface area contributed by atoms with E-state index in [2.05, 4.69) is 38.7 Å². The zero-order valence-electron chi connectivity index (χ0n) is 12.4. The highest BCUT2D eigenvalue weighted by Crippen LogP contribution is 2.36. The Morgan fingerprint density at radius 2 is 2.19 bits per heavy atom. The smallest absolute Gasteiger partial charge is 0.186 e. The molecular weight excluding hydrogens is 354 g/mol. The largest absolute Gasteiger partial charge is 0.493 e. The average Bonchev–Trinajstić information content (AvgIpc) is 2.46. The number of benzene rings is 1. The van der Waals surface area contributed by atoms with Gasteiger partial charge in [0.15, 0.2) is 16.6 Å². The molecule has 0 radical (unpaired) electrons. The van der Waals surface area contributed by atoms with Gasteiger partial charge in [-0.15, -0.1) is 0 Å². The highest BCUT2D eigenvalue weighted by atomic mass is 79.9. The van der Waals surface area contributed by atoms with Crippen molar-refractivity contribution in [1.82, 2.24) is 10.7 Å². The summed E-state index contributed by atoms with van der Waals surface area (Å²) in [6.07, 6.45) is 2.60. The van der Waals surface area contributed by atoms with Crippen LogP contribution in [0.25, 0.3) is 0 Å². The second-order valence-corrected chi connectivity index (χ2v) is 5.37. The molecule has 0 fully saturated rings. The van der Waals surface area contributed by atoms with Crippen LogP contribution < -0.4 is 20.2 Å². The molecule has 0 aromatic heterocycles. The molecule has 1 rings (SSSR count). The zero-order valence-corrected chi connectivity index (χ0v) is 14.8. The van der Waals surface area contributed by atoms with Gasteiger partial charge in [-0.05, 0) is 59.2 Å². The lowest BCUT2D eigenvalue weighted by atomic mass is 10.2. The van der Waals surface area contributed by atoms with Crippen molar-refractivity contribution in [3.05, 3.63) is 22.2 Å². The predicted octanol–water partition coefficient (Wildman–Crippen LogP) is 3.06. The molecular formula is C14H20BrN3O2S. The number of thiocarbonyl (C=S) groups is 1. The summed E-state index contributed by atoms with van der Waals surface area (Å²) in [5.74, 6) is 1.36. The van der Waals surface area contributed by atoms with Crippen LogP contribution in [0.5, 0.6) is 11.5 Å². The minimum absolute atomic E-state index is 0.489. The van der Waals surface area contributed by atoms with Crippen LogP contribution in [-0.4, -0.2) is 31.6 Å². The number of methoxy groups -OCH3 is 1. The van der Waals surface area contributed by atoms with Gasteiger partial charge < -0.3 is 14.8 Å². The normalized spacial score (nSPS) is 10.5. The average molecular weight is 374 g/mol. The van der Waals surface area contributed by atoms with E-state index >= 15 is 0 Å². The predicted molar refractivity (Wildman–Crippen MR) is 93.5 cm³/mol. The third-order valence-electron chi connectivity index (χ3n) is 2.42. The first-order valence-electron chi connectivity index (χ1n) is 6.69. The van der Waals surface area contributed by atoms with Gasteiger partial charge in [0.1, 0.15) is 0 Å². The summed E-state index contributed by atoms with van der Waals surface area (Å²) in [4.78, 5) is 0. The maximum absolute atomic E-state index is 5.67. The summed E-state index contributed by atoms with van der Waals surface area (Å²) in [6.45, 7) is 5.42. The van der Waals surface area contributed by atoms with Gasteiger partial charge >= 0.3 is 0 Å². The van der Waals surface area contributed by atoms with Crippen molar-refractivity contribution in [2.24, 2.45) is 5.10 Å². The number of rotatable bonds is 7. The molecule has 0 saturated heterocycles. The second-order valence-electron chi connectivity index (χ2n) is 4.11. The maximum atomic E-state index is 5.67. The third-order valence-corrected chi connectivity index (χ3v) is 3.24. The summed E-state index contributed by atoms with van der Waals surface area (Å²) in [7, 11) is 1.61. The number of nitrogens with one attached hydrogen (secondary N) is 2. The fourth-order valence-corrected chi connectivity index (χ4v) is 2.30. The fourth-order valence-electron chi connectivity index (χ4n) is 1.52. The van der Waals surface area contributed by atoms with Crippen molar-refractivity contribution < 1.29 is 9.47 Å². The molecule has 1 aromatic carbocycles. The summed E-state index contributed by atoms with van der Waals surface area (Å²) in [5, 5.41) is 7.51. The zero-order chi connectivity index (χ0) is 15.7. The standard InChI is InChI=1S/C14H20BrN3O2S/c1-4-6-20-13-11(15)7-10(8-12(13)19-3)9-17-18-14(21)16-5-2/h7-9H,4-6H2,1-3H3,(H2,16,18,21). The molecule has 0 aliphatic rings. The topological polar surface area (TPSA) is 54.9 Å². The van der Waals surface area contributed by atoms with Gasteiger partial charge in [0.25, 0.3) is 0 Å². The Bertz CT molecular complexity index is 509. The van der Waals surface area contributed by atoms with Crippen molar-refractivity contribution in [2.75, 3.05) is 20.3 Å². The summed E-state index contributed by atoms with van der Waals surface area (Å²) < 4.78 is 11.9. The molecule has 116 valence electrons. The third kappa shape index (κ3) is 5.89. The molecule has 0 aliphatic heterocycles. The highest BCUT2D eigenvalue weighted by Gasteiger charge is 2.10. The minimum atomic E-state index is 0.489. The van der Waals surface area contributed by atoms with Gasteiger partial charge in [0.2, 0.25) is 0 Å². The molecule has 1 aromatic rings. The van der Waals surface area contributed by atoms with Crippen LogP contribution in [0.2, 0.25) is 0 Å². The first-order valence-corrected chi connectivity index (χ1v) is 7.89. The molecule has 0 saturated carbocycles. The number of hydrazone groups is 1. The molecule has 0 atom stereocenters. The first kappa shape index (κ1) is 17.7. The molecule has 0 aliphatic carbocycles. The Morgan fingerprint density at radius 1 is 1.43 bits per heavy atom.